The third kappa shape index (κ3) is 3.68. The van der Waals surface area contributed by atoms with Crippen molar-refractivity contribution < 1.29 is 16.8 Å². The Labute approximate surface area is 224 Å². The van der Waals surface area contributed by atoms with E-state index in [4.69, 9.17) is 16.8 Å². The Morgan fingerprint density at radius 3 is 2.36 bits per heavy atom. The molecule has 0 aliphatic rings. The molecule has 0 saturated heterocycles. The van der Waals surface area contributed by atoms with E-state index in [1.807, 2.05) is 43.3 Å². The van der Waals surface area contributed by atoms with Gasteiger partial charge < -0.3 is 4.42 Å². The Morgan fingerprint density at radius 2 is 1.56 bits per heavy atom. The van der Waals surface area contributed by atoms with Crippen LogP contribution in [0.1, 0.15) is 40.3 Å². The third-order valence-electron chi connectivity index (χ3n) is 6.53. The van der Waals surface area contributed by atoms with E-state index in [2.05, 4.69) is 9.97 Å². The monoisotopic (exact) mass is 477 g/mol. The lowest BCUT2D eigenvalue weighted by Gasteiger charge is -2.16. The van der Waals surface area contributed by atoms with Gasteiger partial charge in [-0.15, -0.1) is 0 Å². The van der Waals surface area contributed by atoms with Crippen LogP contribution in [0.5, 0.6) is 0 Å². The maximum absolute atomic E-state index is 8.44. The van der Waals surface area contributed by atoms with Crippen molar-refractivity contribution in [3.8, 4) is 33.5 Å². The number of rotatable bonds is 3. The van der Waals surface area contributed by atoms with Crippen molar-refractivity contribution in [1.82, 2.24) is 9.97 Å². The van der Waals surface area contributed by atoms with Crippen molar-refractivity contribution in [2.45, 2.75) is 34.4 Å². The molecule has 176 valence electrons. The summed E-state index contributed by atoms with van der Waals surface area (Å²) >= 11 is 0. The van der Waals surface area contributed by atoms with Gasteiger partial charge in [0.2, 0.25) is 5.71 Å². The summed E-state index contributed by atoms with van der Waals surface area (Å²) in [4.78, 5) is 8.73. The van der Waals surface area contributed by atoms with Crippen LogP contribution in [0.3, 0.4) is 0 Å². The first-order valence-corrected chi connectivity index (χ1v) is 11.6. The van der Waals surface area contributed by atoms with E-state index in [9.17, 15) is 0 Å². The molecule has 0 spiro atoms. The minimum atomic E-state index is -2.59. The van der Waals surface area contributed by atoms with E-state index >= 15 is 0 Å². The molecule has 0 bridgehead atoms. The predicted molar refractivity (Wildman–Crippen MR) is 149 cm³/mol. The van der Waals surface area contributed by atoms with Crippen molar-refractivity contribution >= 4 is 22.1 Å². The molecule has 3 heteroatoms. The molecule has 6 rings (SSSR count). The van der Waals surface area contributed by atoms with Crippen LogP contribution >= 0.6 is 0 Å². The molecule has 0 fully saturated rings. The fraction of sp³-hybridized carbons (Fsp3) is 0.152. The van der Waals surface area contributed by atoms with Crippen LogP contribution in [0.4, 0.5) is 0 Å². The van der Waals surface area contributed by atoms with Gasteiger partial charge in [0.25, 0.3) is 0 Å². The summed E-state index contributed by atoms with van der Waals surface area (Å²) < 4.78 is 79.4. The smallest absolute Gasteiger partial charge is 0.227 e. The highest BCUT2D eigenvalue weighted by molar-refractivity contribution is 6.08. The first-order valence-electron chi connectivity index (χ1n) is 16.1. The molecule has 36 heavy (non-hydrogen) atoms. The van der Waals surface area contributed by atoms with E-state index in [-0.39, 0.29) is 28.1 Å². The molecule has 0 atom stereocenters. The van der Waals surface area contributed by atoms with Crippen LogP contribution < -0.4 is 0 Å². The average Bonchev–Trinajstić information content (AvgIpc) is 3.34. The summed E-state index contributed by atoms with van der Waals surface area (Å²) in [7, 11) is 0. The average molecular weight is 478 g/mol. The molecule has 0 amide bonds. The predicted octanol–water partition coefficient (Wildman–Crippen LogP) is 8.92. The molecule has 3 aromatic carbocycles. The van der Waals surface area contributed by atoms with E-state index in [0.29, 0.717) is 44.3 Å². The molecule has 0 aliphatic carbocycles. The molecule has 0 aliphatic heterocycles. The second kappa shape index (κ2) is 8.46. The summed E-state index contributed by atoms with van der Waals surface area (Å²) in [5, 5.41) is 1.29. The standard InChI is InChI=1S/C33H28N2O/c1-19-9-12-24(13-10-19)25-15-20(2)31(21(3)16-25)29-17-30(34-18-22(29)4)28-8-6-7-26-27-14-11-23(5)35-33(27)36-32(26)28/h6-18H,1-5H3/i2D3,4D3,5D3. The normalized spacial score (nSPS) is 16.2. The number of para-hydroxylation sites is 1. The SMILES string of the molecule is [2H]C([2H])([2H])c1ccc2c(n1)oc1c(-c3cc(-c4c(C)cc(-c5ccc(C)cc5)cc4C([2H])([2H])[2H])c(C([2H])([2H])[2H])cn3)cccc12. The van der Waals surface area contributed by atoms with Crippen LogP contribution in [0.25, 0.3) is 55.6 Å². The Kier molecular flexibility index (Phi) is 3.37. The zero-order valence-corrected chi connectivity index (χ0v) is 19.8. The zero-order valence-electron chi connectivity index (χ0n) is 28.8. The Morgan fingerprint density at radius 1 is 0.722 bits per heavy atom. The van der Waals surface area contributed by atoms with Crippen LogP contribution in [0.2, 0.25) is 0 Å². The molecular formula is C33H28N2O. The second-order valence-corrected chi connectivity index (χ2v) is 9.03. The van der Waals surface area contributed by atoms with Gasteiger partial charge in [0, 0.05) is 40.6 Å². The number of pyridine rings is 2. The topological polar surface area (TPSA) is 38.9 Å². The van der Waals surface area contributed by atoms with Crippen LogP contribution in [-0.4, -0.2) is 9.97 Å². The fourth-order valence-corrected chi connectivity index (χ4v) is 4.75. The minimum Gasteiger partial charge on any atom is -0.437 e. The van der Waals surface area contributed by atoms with Gasteiger partial charge >= 0.3 is 0 Å². The molecule has 0 radical (unpaired) electrons. The van der Waals surface area contributed by atoms with Crippen molar-refractivity contribution in [3.05, 3.63) is 107 Å². The van der Waals surface area contributed by atoms with E-state index in [1.54, 1.807) is 37.3 Å². The summed E-state index contributed by atoms with van der Waals surface area (Å²) in [6, 6.07) is 21.3. The molecule has 0 unspecified atom stereocenters. The number of furan rings is 1. The third-order valence-corrected chi connectivity index (χ3v) is 6.53. The molecular weight excluding hydrogens is 440 g/mol. The summed E-state index contributed by atoms with van der Waals surface area (Å²) in [5.41, 5.74) is 5.04. The van der Waals surface area contributed by atoms with E-state index in [0.717, 1.165) is 11.1 Å². The largest absolute Gasteiger partial charge is 0.437 e. The molecule has 3 aromatic heterocycles. The minimum absolute atomic E-state index is 0.0315. The highest BCUT2D eigenvalue weighted by Crippen LogP contribution is 2.38. The van der Waals surface area contributed by atoms with Gasteiger partial charge in [0.05, 0.1) is 5.69 Å². The van der Waals surface area contributed by atoms with Gasteiger partial charge in [-0.3, -0.25) is 4.98 Å². The van der Waals surface area contributed by atoms with Crippen LogP contribution in [0, 0.1) is 34.4 Å². The summed E-state index contributed by atoms with van der Waals surface area (Å²) in [6.07, 6.45) is 1.26. The van der Waals surface area contributed by atoms with Gasteiger partial charge in [-0.05, 0) is 97.6 Å². The van der Waals surface area contributed by atoms with Gasteiger partial charge in [0.1, 0.15) is 5.58 Å². The maximum atomic E-state index is 8.44. The first-order chi connectivity index (χ1) is 21.0. The van der Waals surface area contributed by atoms with Crippen molar-refractivity contribution in [1.29, 1.82) is 0 Å². The number of benzene rings is 3. The van der Waals surface area contributed by atoms with Gasteiger partial charge in [-0.2, -0.15) is 0 Å². The highest BCUT2D eigenvalue weighted by Gasteiger charge is 2.17. The van der Waals surface area contributed by atoms with Gasteiger partial charge in [-0.25, -0.2) is 4.98 Å². The number of nitrogens with zero attached hydrogens (tertiary/aromatic N) is 2. The maximum Gasteiger partial charge on any atom is 0.227 e. The van der Waals surface area contributed by atoms with Crippen LogP contribution in [0.15, 0.2) is 83.4 Å². The van der Waals surface area contributed by atoms with E-state index in [1.165, 1.54) is 12.3 Å². The number of fused-ring (bicyclic) bond motifs is 3. The lowest BCUT2D eigenvalue weighted by atomic mass is 9.89. The molecule has 0 saturated carbocycles. The Balaban J connectivity index is 1.60. The zero-order chi connectivity index (χ0) is 32.5. The first kappa shape index (κ1) is 14.4. The van der Waals surface area contributed by atoms with Crippen molar-refractivity contribution in [2.24, 2.45) is 0 Å². The Hall–Kier alpha value is -4.24. The van der Waals surface area contributed by atoms with Crippen molar-refractivity contribution in [2.75, 3.05) is 0 Å². The number of hydrogen-bond acceptors (Lipinski definition) is 3. The highest BCUT2D eigenvalue weighted by atomic mass is 16.3. The van der Waals surface area contributed by atoms with E-state index < -0.39 is 20.6 Å². The van der Waals surface area contributed by atoms with Gasteiger partial charge in [0.15, 0.2) is 0 Å². The lowest BCUT2D eigenvalue weighted by Crippen LogP contribution is -1.95. The summed E-state index contributed by atoms with van der Waals surface area (Å²) in [5.74, 6) is 0. The van der Waals surface area contributed by atoms with Gasteiger partial charge in [-0.1, -0.05) is 54.1 Å². The quantitative estimate of drug-likeness (QED) is 0.255. The molecule has 3 nitrogen and oxygen atoms in total. The molecule has 0 N–H and O–H groups in total. The van der Waals surface area contributed by atoms with Crippen LogP contribution in [-0.2, 0) is 0 Å². The molecule has 3 heterocycles. The number of hydrogen-bond donors (Lipinski definition) is 0. The second-order valence-electron chi connectivity index (χ2n) is 9.03. The summed E-state index contributed by atoms with van der Waals surface area (Å²) in [6.45, 7) is -3.80. The molecule has 6 aromatic rings. The fourth-order valence-electron chi connectivity index (χ4n) is 4.75. The Bertz CT molecular complexity index is 2090. The number of aromatic nitrogens is 2. The van der Waals surface area contributed by atoms with Crippen molar-refractivity contribution in [3.63, 3.8) is 0 Å². The lowest BCUT2D eigenvalue weighted by molar-refractivity contribution is 0.653. The number of aryl methyl sites for hydroxylation is 5.